The molecule has 0 fully saturated rings. The van der Waals surface area contributed by atoms with E-state index in [4.69, 9.17) is 9.15 Å². The zero-order valence-electron chi connectivity index (χ0n) is 14.9. The predicted octanol–water partition coefficient (Wildman–Crippen LogP) is 6.71. The Balaban J connectivity index is 1.87. The van der Waals surface area contributed by atoms with Crippen molar-refractivity contribution in [3.8, 4) is 39.5 Å². The lowest BCUT2D eigenvalue weighted by molar-refractivity contribution is 0.415. The van der Waals surface area contributed by atoms with Crippen LogP contribution < -0.4 is 4.74 Å². The maximum absolute atomic E-state index is 13.3. The summed E-state index contributed by atoms with van der Waals surface area (Å²) in [5, 5.41) is 0. The third-order valence-electron chi connectivity index (χ3n) is 4.40. The summed E-state index contributed by atoms with van der Waals surface area (Å²) < 4.78 is 24.7. The summed E-state index contributed by atoms with van der Waals surface area (Å²) in [5.41, 5.74) is 3.89. The van der Waals surface area contributed by atoms with Crippen LogP contribution >= 0.6 is 0 Å². The van der Waals surface area contributed by atoms with Gasteiger partial charge in [-0.25, -0.2) is 8.81 Å². The van der Waals surface area contributed by atoms with E-state index in [1.54, 1.807) is 19.2 Å². The minimum atomic E-state index is -0.270. The minimum absolute atomic E-state index is 0.270. The van der Waals surface area contributed by atoms with Crippen LogP contribution in [-0.2, 0) is 0 Å². The lowest BCUT2D eigenvalue weighted by atomic mass is 10.0. The van der Waals surface area contributed by atoms with Gasteiger partial charge >= 0.3 is 11.5 Å². The van der Waals surface area contributed by atoms with E-state index < -0.39 is 0 Å². The zero-order valence-corrected chi connectivity index (χ0v) is 14.9. The number of methoxy groups -OCH3 is 1. The van der Waals surface area contributed by atoms with E-state index in [1.165, 1.54) is 12.1 Å². The normalized spacial score (nSPS) is 10.6. The molecular weight excluding hydrogens is 339 g/mol. The molecule has 0 saturated carbocycles. The van der Waals surface area contributed by atoms with E-state index >= 15 is 0 Å². The van der Waals surface area contributed by atoms with Gasteiger partial charge in [-0.05, 0) is 54.1 Å². The summed E-state index contributed by atoms with van der Waals surface area (Å²) in [4.78, 5) is 0. The number of benzene rings is 3. The summed E-state index contributed by atoms with van der Waals surface area (Å²) >= 11 is 0. The summed E-state index contributed by atoms with van der Waals surface area (Å²) in [6.07, 6.45) is 0. The van der Waals surface area contributed by atoms with E-state index in [1.807, 2.05) is 54.6 Å². The lowest BCUT2D eigenvalue weighted by Gasteiger charge is -2.03. The van der Waals surface area contributed by atoms with Gasteiger partial charge in [-0.3, -0.25) is 0 Å². The second-order valence-corrected chi connectivity index (χ2v) is 6.18. The molecule has 0 radical (unpaired) electrons. The molecule has 0 aliphatic heterocycles. The van der Waals surface area contributed by atoms with Crippen LogP contribution in [0.2, 0.25) is 0 Å². The Kier molecular flexibility index (Phi) is 4.67. The maximum atomic E-state index is 13.3. The SMILES string of the molecule is COc1ccc(-c2cc(-c3ccccc3)cc(-c3ccc(F)cc3)[o+]2)cc1. The first-order valence-electron chi connectivity index (χ1n) is 8.67. The molecular formula is C24H18FO2+. The van der Waals surface area contributed by atoms with Gasteiger partial charge in [0.15, 0.2) is 0 Å². The molecule has 4 aromatic rings. The van der Waals surface area contributed by atoms with Gasteiger partial charge < -0.3 is 4.74 Å². The third-order valence-corrected chi connectivity index (χ3v) is 4.40. The van der Waals surface area contributed by atoms with Gasteiger partial charge in [0.05, 0.1) is 30.4 Å². The Bertz CT molecular complexity index is 1040. The third kappa shape index (κ3) is 3.72. The van der Waals surface area contributed by atoms with Crippen molar-refractivity contribution >= 4 is 0 Å². The van der Waals surface area contributed by atoms with Crippen LogP contribution in [-0.4, -0.2) is 7.11 Å². The Morgan fingerprint density at radius 3 is 1.74 bits per heavy atom. The first kappa shape index (κ1) is 17.0. The molecule has 0 atom stereocenters. The topological polar surface area (TPSA) is 20.5 Å². The van der Waals surface area contributed by atoms with Crippen molar-refractivity contribution < 1.29 is 13.5 Å². The summed E-state index contributed by atoms with van der Waals surface area (Å²) in [5.74, 6) is 1.94. The highest BCUT2D eigenvalue weighted by molar-refractivity contribution is 5.74. The van der Waals surface area contributed by atoms with Crippen molar-refractivity contribution in [2.45, 2.75) is 0 Å². The van der Waals surface area contributed by atoms with Crippen molar-refractivity contribution in [2.24, 2.45) is 0 Å². The van der Waals surface area contributed by atoms with E-state index in [0.29, 0.717) is 5.76 Å². The molecule has 0 unspecified atom stereocenters. The summed E-state index contributed by atoms with van der Waals surface area (Å²) in [7, 11) is 1.64. The Morgan fingerprint density at radius 1 is 0.630 bits per heavy atom. The largest absolute Gasteiger partial charge is 0.497 e. The van der Waals surface area contributed by atoms with E-state index in [9.17, 15) is 4.39 Å². The fourth-order valence-corrected chi connectivity index (χ4v) is 2.95. The highest BCUT2D eigenvalue weighted by atomic mass is 19.1. The molecule has 0 saturated heterocycles. The molecule has 0 spiro atoms. The minimum Gasteiger partial charge on any atom is -0.497 e. The molecule has 132 valence electrons. The average molecular weight is 357 g/mol. The Morgan fingerprint density at radius 2 is 1.19 bits per heavy atom. The number of rotatable bonds is 4. The first-order valence-corrected chi connectivity index (χ1v) is 8.67. The van der Waals surface area contributed by atoms with E-state index in [-0.39, 0.29) is 5.82 Å². The summed E-state index contributed by atoms with van der Waals surface area (Å²) in [6, 6.07) is 28.2. The Hall–Kier alpha value is -3.46. The van der Waals surface area contributed by atoms with Crippen LogP contribution in [0, 0.1) is 5.82 Å². The van der Waals surface area contributed by atoms with E-state index in [2.05, 4.69) is 12.1 Å². The molecule has 1 heterocycles. The highest BCUT2D eigenvalue weighted by Crippen LogP contribution is 2.33. The average Bonchev–Trinajstić information content (AvgIpc) is 2.74. The number of ether oxygens (including phenoxy) is 1. The molecule has 0 N–H and O–H groups in total. The van der Waals surface area contributed by atoms with Gasteiger partial charge in [-0.2, -0.15) is 0 Å². The summed E-state index contributed by atoms with van der Waals surface area (Å²) in [6.45, 7) is 0. The van der Waals surface area contributed by atoms with Gasteiger partial charge in [-0.1, -0.05) is 30.3 Å². The standard InChI is InChI=1S/C24H18FO2/c1-26-22-13-9-19(10-14-22)24-16-20(17-5-3-2-4-6-17)15-23(27-24)18-7-11-21(25)12-8-18/h2-16H,1H3/q+1. The van der Waals surface area contributed by atoms with Crippen LogP contribution in [0.5, 0.6) is 5.75 Å². The van der Waals surface area contributed by atoms with Crippen LogP contribution in [0.3, 0.4) is 0 Å². The van der Waals surface area contributed by atoms with Crippen molar-refractivity contribution in [1.82, 2.24) is 0 Å². The maximum Gasteiger partial charge on any atom is 0.361 e. The van der Waals surface area contributed by atoms with Crippen molar-refractivity contribution in [3.63, 3.8) is 0 Å². The van der Waals surface area contributed by atoms with Crippen molar-refractivity contribution in [1.29, 1.82) is 0 Å². The smallest absolute Gasteiger partial charge is 0.361 e. The van der Waals surface area contributed by atoms with Gasteiger partial charge in [0.1, 0.15) is 11.6 Å². The van der Waals surface area contributed by atoms with Crippen molar-refractivity contribution in [2.75, 3.05) is 7.11 Å². The molecule has 3 aromatic carbocycles. The molecule has 3 heteroatoms. The fourth-order valence-electron chi connectivity index (χ4n) is 2.95. The molecule has 0 aliphatic rings. The molecule has 2 nitrogen and oxygen atoms in total. The number of halogens is 1. The quantitative estimate of drug-likeness (QED) is 0.378. The molecule has 4 rings (SSSR count). The predicted molar refractivity (Wildman–Crippen MR) is 106 cm³/mol. The molecule has 0 amide bonds. The van der Waals surface area contributed by atoms with E-state index in [0.717, 1.165) is 33.8 Å². The fraction of sp³-hybridized carbons (Fsp3) is 0.0417. The molecule has 27 heavy (non-hydrogen) atoms. The molecule has 0 aliphatic carbocycles. The van der Waals surface area contributed by atoms with Crippen molar-refractivity contribution in [3.05, 3.63) is 96.8 Å². The number of hydrogen-bond donors (Lipinski definition) is 0. The van der Waals surface area contributed by atoms with Gasteiger partial charge in [0, 0.05) is 5.56 Å². The van der Waals surface area contributed by atoms with Crippen LogP contribution in [0.15, 0.2) is 95.4 Å². The highest BCUT2D eigenvalue weighted by Gasteiger charge is 2.20. The van der Waals surface area contributed by atoms with Crippen LogP contribution in [0.25, 0.3) is 33.8 Å². The van der Waals surface area contributed by atoms with Gasteiger partial charge in [0.2, 0.25) is 0 Å². The second kappa shape index (κ2) is 7.42. The van der Waals surface area contributed by atoms with Crippen LogP contribution in [0.1, 0.15) is 0 Å². The second-order valence-electron chi connectivity index (χ2n) is 6.18. The van der Waals surface area contributed by atoms with Crippen LogP contribution in [0.4, 0.5) is 4.39 Å². The lowest BCUT2D eigenvalue weighted by Crippen LogP contribution is -1.87. The Labute approximate surface area is 157 Å². The van der Waals surface area contributed by atoms with Gasteiger partial charge in [0.25, 0.3) is 0 Å². The van der Waals surface area contributed by atoms with Gasteiger partial charge in [-0.15, -0.1) is 0 Å². The molecule has 1 aromatic heterocycles. The number of hydrogen-bond acceptors (Lipinski definition) is 1. The zero-order chi connectivity index (χ0) is 18.6. The monoisotopic (exact) mass is 357 g/mol. The first-order chi connectivity index (χ1) is 13.2. The molecule has 0 bridgehead atoms.